The fourth-order valence-corrected chi connectivity index (χ4v) is 2.27. The number of hydrogen-bond donors (Lipinski definition) is 3. The summed E-state index contributed by atoms with van der Waals surface area (Å²) in [6.07, 6.45) is -2.14. The van der Waals surface area contributed by atoms with Gasteiger partial charge in [-0.1, -0.05) is 6.07 Å². The van der Waals surface area contributed by atoms with Crippen LogP contribution in [0.2, 0.25) is 0 Å². The summed E-state index contributed by atoms with van der Waals surface area (Å²) < 4.78 is 36.9. The molecule has 0 bridgehead atoms. The lowest BCUT2D eigenvalue weighted by Crippen LogP contribution is -2.21. The highest BCUT2D eigenvalue weighted by atomic mass is 19.4. The predicted molar refractivity (Wildman–Crippen MR) is 91.7 cm³/mol. The fraction of sp³-hybridized carbons (Fsp3) is 0.176. The van der Waals surface area contributed by atoms with Crippen LogP contribution in [0.5, 0.6) is 5.75 Å². The highest BCUT2D eigenvalue weighted by Crippen LogP contribution is 2.30. The summed E-state index contributed by atoms with van der Waals surface area (Å²) in [6, 6.07) is 6.93. The zero-order valence-corrected chi connectivity index (χ0v) is 14.3. The topological polar surface area (TPSA) is 125 Å². The van der Waals surface area contributed by atoms with Crippen LogP contribution in [0.15, 0.2) is 41.6 Å². The summed E-state index contributed by atoms with van der Waals surface area (Å²) >= 11 is 0. The number of carboxylic acid groups (broad SMARTS) is 1. The molecule has 11 heteroatoms. The molecule has 2 aromatic heterocycles. The number of halogens is 3. The monoisotopic (exact) mass is 397 g/mol. The number of pyridine rings is 1. The van der Waals surface area contributed by atoms with Gasteiger partial charge in [0.25, 0.3) is 5.56 Å². The molecule has 3 N–H and O–H groups in total. The minimum Gasteiger partial charge on any atom is -0.506 e. The number of rotatable bonds is 3. The number of phenols is 1. The molecule has 0 radical (unpaired) electrons. The van der Waals surface area contributed by atoms with Crippen molar-refractivity contribution in [3.8, 4) is 16.9 Å². The first kappa shape index (κ1) is 20.8. The van der Waals surface area contributed by atoms with Crippen LogP contribution in [-0.2, 0) is 16.1 Å². The summed E-state index contributed by atoms with van der Waals surface area (Å²) in [7, 11) is 1.59. The van der Waals surface area contributed by atoms with Crippen molar-refractivity contribution in [1.82, 2.24) is 15.0 Å². The first-order valence-corrected chi connectivity index (χ1v) is 7.59. The Kier molecular flexibility index (Phi) is 6.31. The Balaban J connectivity index is 0.000000345. The van der Waals surface area contributed by atoms with Gasteiger partial charge in [0.2, 0.25) is 0 Å². The summed E-state index contributed by atoms with van der Waals surface area (Å²) in [6.45, 7) is 0.346. The second-order valence-electron chi connectivity index (χ2n) is 5.36. The number of fused-ring (bicyclic) bond motifs is 1. The van der Waals surface area contributed by atoms with Crippen LogP contribution < -0.4 is 5.56 Å². The molecule has 0 unspecified atom stereocenters. The third kappa shape index (κ3) is 4.82. The van der Waals surface area contributed by atoms with Gasteiger partial charge in [-0.25, -0.2) is 9.78 Å². The maximum atomic E-state index is 11.9. The molecule has 2 heterocycles. The number of nitrogens with one attached hydrogen (secondary N) is 1. The molecule has 28 heavy (non-hydrogen) atoms. The number of aromatic nitrogens is 3. The molecule has 3 rings (SSSR count). The van der Waals surface area contributed by atoms with Gasteiger partial charge < -0.3 is 19.9 Å². The van der Waals surface area contributed by atoms with Crippen molar-refractivity contribution >= 4 is 16.9 Å². The molecule has 0 spiro atoms. The van der Waals surface area contributed by atoms with Gasteiger partial charge in [0.05, 0.1) is 24.0 Å². The quantitative estimate of drug-likeness (QED) is 0.620. The van der Waals surface area contributed by atoms with E-state index in [0.717, 1.165) is 11.3 Å². The van der Waals surface area contributed by atoms with Crippen LogP contribution in [0.1, 0.15) is 5.69 Å². The van der Waals surface area contributed by atoms with Crippen molar-refractivity contribution in [2.24, 2.45) is 0 Å². The van der Waals surface area contributed by atoms with Crippen molar-refractivity contribution < 1.29 is 32.9 Å². The van der Waals surface area contributed by atoms with E-state index in [1.54, 1.807) is 31.5 Å². The van der Waals surface area contributed by atoms with Gasteiger partial charge in [-0.3, -0.25) is 9.78 Å². The number of carbonyl (C=O) groups is 1. The number of aromatic hydroxyl groups is 1. The maximum Gasteiger partial charge on any atom is 0.490 e. The van der Waals surface area contributed by atoms with Crippen LogP contribution in [0.4, 0.5) is 13.2 Å². The number of hydrogen-bond acceptors (Lipinski definition) is 6. The van der Waals surface area contributed by atoms with Crippen LogP contribution in [0, 0.1) is 0 Å². The van der Waals surface area contributed by atoms with E-state index in [4.69, 9.17) is 14.6 Å². The Morgan fingerprint density at radius 2 is 1.96 bits per heavy atom. The van der Waals surface area contributed by atoms with Crippen LogP contribution in [-0.4, -0.2) is 44.4 Å². The standard InChI is InChI=1S/C15H13N3O3.C2HF3O2/c1-21-7-12-10(3-2-4-16-12)9-5-11-14(13(19)6-9)17-8-18-15(11)20;3-2(4,5)1(6)7/h2-6,8,19H,7H2,1H3,(H,17,18,20);(H,6,7). The molecule has 0 saturated carbocycles. The SMILES string of the molecule is COCc1ncccc1-c1cc(O)c2nc[nH]c(=O)c2c1.O=C(O)C(F)(F)F. The van der Waals surface area contributed by atoms with Crippen LogP contribution in [0.3, 0.4) is 0 Å². The van der Waals surface area contributed by atoms with Crippen molar-refractivity contribution in [2.75, 3.05) is 7.11 Å². The van der Waals surface area contributed by atoms with Gasteiger partial charge in [0, 0.05) is 18.9 Å². The lowest BCUT2D eigenvalue weighted by Gasteiger charge is -2.09. The molecule has 0 fully saturated rings. The van der Waals surface area contributed by atoms with Gasteiger partial charge in [-0.2, -0.15) is 13.2 Å². The molecule has 8 nitrogen and oxygen atoms in total. The summed E-state index contributed by atoms with van der Waals surface area (Å²) in [5.41, 5.74) is 2.21. The average Bonchev–Trinajstić information content (AvgIpc) is 2.63. The molecule has 0 atom stereocenters. The van der Waals surface area contributed by atoms with E-state index < -0.39 is 12.1 Å². The number of alkyl halides is 3. The Labute approximate surface area is 155 Å². The molecule has 3 aromatic rings. The average molecular weight is 397 g/mol. The number of methoxy groups -OCH3 is 1. The number of carboxylic acids is 1. The minimum absolute atomic E-state index is 0.0409. The molecule has 0 saturated heterocycles. The van der Waals surface area contributed by atoms with E-state index in [2.05, 4.69) is 15.0 Å². The molecular weight excluding hydrogens is 383 g/mol. The van der Waals surface area contributed by atoms with Gasteiger partial charge >= 0.3 is 12.1 Å². The smallest absolute Gasteiger partial charge is 0.490 e. The maximum absolute atomic E-state index is 11.9. The number of aromatic amines is 1. The molecule has 0 aliphatic carbocycles. The molecule has 0 aliphatic heterocycles. The Bertz CT molecular complexity index is 1050. The third-order valence-electron chi connectivity index (χ3n) is 3.45. The van der Waals surface area contributed by atoms with Gasteiger partial charge in [0.15, 0.2) is 0 Å². The van der Waals surface area contributed by atoms with E-state index in [0.29, 0.717) is 17.6 Å². The van der Waals surface area contributed by atoms with E-state index >= 15 is 0 Å². The normalized spacial score (nSPS) is 11.0. The number of aliphatic carboxylic acids is 1. The molecular formula is C17H14F3N3O5. The van der Waals surface area contributed by atoms with Gasteiger partial charge in [0.1, 0.15) is 11.3 Å². The van der Waals surface area contributed by atoms with Gasteiger partial charge in [-0.15, -0.1) is 0 Å². The number of phenolic OH excluding ortho intramolecular Hbond substituents is 1. The zero-order valence-electron chi connectivity index (χ0n) is 14.3. The van der Waals surface area contributed by atoms with Crippen molar-refractivity contribution in [3.63, 3.8) is 0 Å². The Morgan fingerprint density at radius 1 is 1.29 bits per heavy atom. The Morgan fingerprint density at radius 3 is 2.57 bits per heavy atom. The molecule has 148 valence electrons. The first-order chi connectivity index (χ1) is 13.1. The van der Waals surface area contributed by atoms with Crippen LogP contribution >= 0.6 is 0 Å². The highest BCUT2D eigenvalue weighted by Gasteiger charge is 2.38. The highest BCUT2D eigenvalue weighted by molar-refractivity contribution is 5.89. The number of benzene rings is 1. The minimum atomic E-state index is -5.08. The Hall–Kier alpha value is -3.47. The second kappa shape index (κ2) is 8.48. The van der Waals surface area contributed by atoms with Gasteiger partial charge in [-0.05, 0) is 23.8 Å². The summed E-state index contributed by atoms with van der Waals surface area (Å²) in [5, 5.41) is 17.5. The molecule has 0 amide bonds. The second-order valence-corrected chi connectivity index (χ2v) is 5.36. The van der Waals surface area contributed by atoms with E-state index in [9.17, 15) is 23.1 Å². The molecule has 0 aliphatic rings. The number of ether oxygens (including phenoxy) is 1. The first-order valence-electron chi connectivity index (χ1n) is 7.59. The zero-order chi connectivity index (χ0) is 20.9. The van der Waals surface area contributed by atoms with E-state index in [1.165, 1.54) is 6.33 Å². The van der Waals surface area contributed by atoms with Crippen molar-refractivity contribution in [2.45, 2.75) is 12.8 Å². The lowest BCUT2D eigenvalue weighted by atomic mass is 10.0. The predicted octanol–water partition coefficient (Wildman–Crippen LogP) is 2.47. The van der Waals surface area contributed by atoms with Crippen molar-refractivity contribution in [3.05, 3.63) is 52.8 Å². The summed E-state index contributed by atoms with van der Waals surface area (Å²) in [5.74, 6) is -2.80. The van der Waals surface area contributed by atoms with E-state index in [1.807, 2.05) is 6.07 Å². The van der Waals surface area contributed by atoms with Crippen molar-refractivity contribution in [1.29, 1.82) is 0 Å². The fourth-order valence-electron chi connectivity index (χ4n) is 2.27. The lowest BCUT2D eigenvalue weighted by molar-refractivity contribution is -0.192. The van der Waals surface area contributed by atoms with Crippen LogP contribution in [0.25, 0.3) is 22.0 Å². The largest absolute Gasteiger partial charge is 0.506 e. The third-order valence-corrected chi connectivity index (χ3v) is 3.45. The van der Waals surface area contributed by atoms with E-state index in [-0.39, 0.29) is 16.8 Å². The number of nitrogens with zero attached hydrogens (tertiary/aromatic N) is 2. The number of H-pyrrole nitrogens is 1. The summed E-state index contributed by atoms with van der Waals surface area (Å²) in [4.78, 5) is 31.5. The molecule has 1 aromatic carbocycles.